The van der Waals surface area contributed by atoms with Crippen LogP contribution in [-0.2, 0) is 23.7 Å². The number of carbonyl (C=O) groups is 1. The topological polar surface area (TPSA) is 158 Å². The van der Waals surface area contributed by atoms with Crippen molar-refractivity contribution in [1.82, 2.24) is 0 Å². The van der Waals surface area contributed by atoms with Gasteiger partial charge in [0.25, 0.3) is 0 Å². The molecule has 4 aliphatic carbocycles. The maximum atomic E-state index is 14.2. The van der Waals surface area contributed by atoms with Gasteiger partial charge in [-0.15, -0.1) is 0 Å². The highest BCUT2D eigenvalue weighted by Crippen LogP contribution is 2.76. The predicted molar refractivity (Wildman–Crippen MR) is 138 cm³/mol. The lowest BCUT2D eigenvalue weighted by atomic mass is 9.41. The molecule has 0 aromatic carbocycles. The largest absolute Gasteiger partial charge is 0.490 e. The van der Waals surface area contributed by atoms with Gasteiger partial charge in [0.15, 0.2) is 12.1 Å². The molecule has 0 aromatic rings. The molecule has 5 N–H and O–H groups in total. The van der Waals surface area contributed by atoms with Gasteiger partial charge in [0, 0.05) is 12.3 Å². The molecule has 10 nitrogen and oxygen atoms in total. The van der Waals surface area contributed by atoms with Gasteiger partial charge < -0.3 is 44.5 Å². The van der Waals surface area contributed by atoms with Gasteiger partial charge in [-0.2, -0.15) is 0 Å². The zero-order valence-corrected chi connectivity index (χ0v) is 23.2. The third-order valence-electron chi connectivity index (χ3n) is 12.3. The van der Waals surface area contributed by atoms with Crippen LogP contribution < -0.4 is 0 Å². The number of hydrogen-bond acceptors (Lipinski definition) is 10. The van der Waals surface area contributed by atoms with Gasteiger partial charge in [-0.05, 0) is 74.3 Å². The van der Waals surface area contributed by atoms with Gasteiger partial charge in [-0.3, -0.25) is 4.79 Å². The zero-order chi connectivity index (χ0) is 28.4. The number of rotatable bonds is 4. The summed E-state index contributed by atoms with van der Waals surface area (Å²) in [6, 6.07) is 0. The summed E-state index contributed by atoms with van der Waals surface area (Å²) in [7, 11) is 0. The maximum Gasteiger partial charge on any atom is 0.171 e. The lowest BCUT2D eigenvalue weighted by Crippen LogP contribution is -2.75. The average Bonchev–Trinajstić information content (AvgIpc) is 3.36. The van der Waals surface area contributed by atoms with Crippen LogP contribution in [0.5, 0.6) is 0 Å². The van der Waals surface area contributed by atoms with Gasteiger partial charge in [-0.1, -0.05) is 13.5 Å². The standard InChI is InChI=1S/C30H42O10/c1-14-8-15(13-37-14)18-5-7-29(36)28(18,3)26(35)24(34)25-27(2)6-4-17(9-16(27)10-21-30(25,29)40-21)38-22-11-19(32)23(33)20(12-31)39-22/h8,16-25,31-34,36H,1,4-7,9-13H2,2-3H3/t16-,17-,18+,19?,20?,21-,22?,23?,24+,25+,27-,28-,29+,30-/m0/s1. The van der Waals surface area contributed by atoms with Crippen molar-refractivity contribution in [2.75, 3.05) is 13.2 Å². The van der Waals surface area contributed by atoms with E-state index in [0.717, 1.165) is 5.57 Å². The Labute approximate surface area is 233 Å². The second kappa shape index (κ2) is 8.83. The van der Waals surface area contributed by atoms with Crippen LogP contribution in [-0.4, -0.2) is 98.6 Å². The molecular formula is C30H42O10. The number of ether oxygens (including phenoxy) is 4. The molecular weight excluding hydrogens is 520 g/mol. The molecule has 3 aliphatic heterocycles. The fourth-order valence-corrected chi connectivity index (χ4v) is 10.2. The molecule has 40 heavy (non-hydrogen) atoms. The number of aliphatic hydroxyl groups excluding tert-OH is 4. The molecule has 7 aliphatic rings. The van der Waals surface area contributed by atoms with Crippen molar-refractivity contribution in [2.45, 2.75) is 113 Å². The molecule has 0 radical (unpaired) electrons. The van der Waals surface area contributed by atoms with Crippen LogP contribution in [0, 0.1) is 28.6 Å². The summed E-state index contributed by atoms with van der Waals surface area (Å²) in [5.74, 6) is -0.441. The molecule has 7 rings (SSSR count). The molecule has 222 valence electrons. The average molecular weight is 563 g/mol. The summed E-state index contributed by atoms with van der Waals surface area (Å²) >= 11 is 0. The van der Waals surface area contributed by atoms with Crippen LogP contribution in [0.25, 0.3) is 0 Å². The molecule has 6 fully saturated rings. The quantitative estimate of drug-likeness (QED) is 0.244. The summed E-state index contributed by atoms with van der Waals surface area (Å²) in [4.78, 5) is 14.2. The van der Waals surface area contributed by atoms with Crippen LogP contribution in [0.2, 0.25) is 0 Å². The van der Waals surface area contributed by atoms with E-state index in [1.165, 1.54) is 0 Å². The van der Waals surface area contributed by atoms with Crippen LogP contribution >= 0.6 is 0 Å². The molecule has 0 aromatic heterocycles. The van der Waals surface area contributed by atoms with E-state index in [-0.39, 0.29) is 36.2 Å². The highest BCUT2D eigenvalue weighted by Gasteiger charge is 2.88. The molecule has 0 amide bonds. The number of aliphatic hydroxyl groups is 5. The molecule has 2 saturated heterocycles. The van der Waals surface area contributed by atoms with Crippen LogP contribution in [0.15, 0.2) is 24.0 Å². The van der Waals surface area contributed by atoms with Crippen LogP contribution in [0.1, 0.15) is 58.8 Å². The minimum Gasteiger partial charge on any atom is -0.490 e. The van der Waals surface area contributed by atoms with Crippen molar-refractivity contribution in [1.29, 1.82) is 0 Å². The van der Waals surface area contributed by atoms with Crippen molar-refractivity contribution in [2.24, 2.45) is 28.6 Å². The van der Waals surface area contributed by atoms with Crippen molar-refractivity contribution in [3.8, 4) is 0 Å². The Kier molecular flexibility index (Phi) is 6.06. The Morgan fingerprint density at radius 1 is 1.12 bits per heavy atom. The van der Waals surface area contributed by atoms with Crippen molar-refractivity contribution in [3.05, 3.63) is 24.0 Å². The van der Waals surface area contributed by atoms with Gasteiger partial charge in [0.05, 0.1) is 30.3 Å². The fourth-order valence-electron chi connectivity index (χ4n) is 10.2. The first-order valence-corrected chi connectivity index (χ1v) is 14.8. The summed E-state index contributed by atoms with van der Waals surface area (Å²) in [5, 5.41) is 54.2. The predicted octanol–water partition coefficient (Wildman–Crippen LogP) is 0.726. The fraction of sp³-hybridized carbons (Fsp3) is 0.833. The number of epoxide rings is 1. The Hall–Kier alpha value is -1.37. The van der Waals surface area contributed by atoms with Crippen molar-refractivity contribution in [3.63, 3.8) is 0 Å². The number of Topliss-reactive ketones (excluding diaryl/α,β-unsaturated/α-hetero) is 1. The normalized spacial score (nSPS) is 56.9. The second-order valence-electron chi connectivity index (χ2n) is 13.9. The maximum absolute atomic E-state index is 14.2. The second-order valence-corrected chi connectivity index (χ2v) is 13.9. The lowest BCUT2D eigenvalue weighted by Gasteiger charge is -2.62. The van der Waals surface area contributed by atoms with E-state index in [4.69, 9.17) is 18.9 Å². The number of fused-ring (bicyclic) bond motifs is 3. The van der Waals surface area contributed by atoms with Gasteiger partial charge >= 0.3 is 0 Å². The molecule has 14 atom stereocenters. The Bertz CT molecular complexity index is 1140. The summed E-state index contributed by atoms with van der Waals surface area (Å²) < 4.78 is 24.1. The first-order valence-electron chi connectivity index (χ1n) is 14.8. The molecule has 4 unspecified atom stereocenters. The van der Waals surface area contributed by atoms with Crippen molar-refractivity contribution >= 4 is 5.78 Å². The molecule has 1 spiro atoms. The van der Waals surface area contributed by atoms with E-state index in [2.05, 4.69) is 13.5 Å². The molecule has 10 heteroatoms. The van der Waals surface area contributed by atoms with E-state index >= 15 is 0 Å². The van der Waals surface area contributed by atoms with E-state index in [0.29, 0.717) is 50.9 Å². The molecule has 0 bridgehead atoms. The third-order valence-corrected chi connectivity index (χ3v) is 12.3. The number of allylic oxidation sites excluding steroid dienone is 1. The molecule has 4 saturated carbocycles. The Morgan fingerprint density at radius 3 is 2.60 bits per heavy atom. The highest BCUT2D eigenvalue weighted by molar-refractivity contribution is 5.93. The van der Waals surface area contributed by atoms with E-state index in [9.17, 15) is 30.3 Å². The Balaban J connectivity index is 1.14. The number of hydrogen-bond donors (Lipinski definition) is 5. The van der Waals surface area contributed by atoms with E-state index in [1.807, 2.05) is 13.0 Å². The minimum absolute atomic E-state index is 0.0893. The monoisotopic (exact) mass is 562 g/mol. The summed E-state index contributed by atoms with van der Waals surface area (Å²) in [6.07, 6.45) is 0.165. The van der Waals surface area contributed by atoms with Gasteiger partial charge in [0.1, 0.15) is 41.9 Å². The minimum atomic E-state index is -1.39. The zero-order valence-electron chi connectivity index (χ0n) is 23.2. The summed E-state index contributed by atoms with van der Waals surface area (Å²) in [5.41, 5.74) is -3.05. The lowest BCUT2D eigenvalue weighted by molar-refractivity contribution is -0.278. The SMILES string of the molecule is C=C1C=C([C@H]2CC[C@]3(O)[C@]45O[C@H]4C[C@@H]4C[C@@H](OC6CC(O)C(O)C(CO)O6)CC[C@]4(C)[C@H]5[C@@H](O)C(=O)[C@]23C)CO1. The first kappa shape index (κ1) is 27.5. The number of carbonyl (C=O) groups excluding carboxylic acids is 1. The van der Waals surface area contributed by atoms with E-state index in [1.54, 1.807) is 0 Å². The van der Waals surface area contributed by atoms with Gasteiger partial charge in [0.2, 0.25) is 0 Å². The third kappa shape index (κ3) is 3.30. The number of ketones is 1. The van der Waals surface area contributed by atoms with Crippen LogP contribution in [0.3, 0.4) is 0 Å². The van der Waals surface area contributed by atoms with E-state index < -0.39 is 65.3 Å². The van der Waals surface area contributed by atoms with Crippen molar-refractivity contribution < 1.29 is 49.3 Å². The van der Waals surface area contributed by atoms with Gasteiger partial charge in [-0.25, -0.2) is 0 Å². The first-order chi connectivity index (χ1) is 18.9. The molecule has 3 heterocycles. The summed E-state index contributed by atoms with van der Waals surface area (Å²) in [6.45, 7) is 7.76. The highest BCUT2D eigenvalue weighted by atomic mass is 16.7. The smallest absolute Gasteiger partial charge is 0.171 e. The Morgan fingerprint density at radius 2 is 1.90 bits per heavy atom. The van der Waals surface area contributed by atoms with Crippen LogP contribution in [0.4, 0.5) is 0 Å².